The topological polar surface area (TPSA) is 200 Å². The molecule has 1 aliphatic rings. The number of nitrogens with one attached hydrogen (secondary N) is 2. The zero-order valence-electron chi connectivity index (χ0n) is 26.8. The van der Waals surface area contributed by atoms with Crippen LogP contribution in [-0.4, -0.2) is 80.4 Å². The van der Waals surface area contributed by atoms with Crippen LogP contribution in [0, 0.1) is 0 Å². The highest BCUT2D eigenvalue weighted by Crippen LogP contribution is 2.50. The number of fused-ring (bicyclic) bond motifs is 1. The number of carbonyl (C=O) groups excluding carboxylic acids is 2. The number of para-hydroxylation sites is 1. The lowest BCUT2D eigenvalue weighted by Crippen LogP contribution is -2.44. The summed E-state index contributed by atoms with van der Waals surface area (Å²) in [5.74, 6) is -0.516. The summed E-state index contributed by atoms with van der Waals surface area (Å²) in [4.78, 5) is 37.8. The van der Waals surface area contributed by atoms with E-state index >= 15 is 4.39 Å². The zero-order chi connectivity index (χ0) is 34.7. The molecule has 16 nitrogen and oxygen atoms in total. The van der Waals surface area contributed by atoms with Crippen LogP contribution < -0.4 is 20.7 Å². The number of benzene rings is 1. The molecular formula is C28H38ClFN7O9P. The number of nitrogens with zero attached hydrogens (tertiary/aromatic N) is 4. The molecular weight excluding hydrogens is 664 g/mol. The number of nitrogen functional groups attached to an aromatic ring is 1. The van der Waals surface area contributed by atoms with Crippen LogP contribution in [0.4, 0.5) is 21.0 Å². The van der Waals surface area contributed by atoms with E-state index in [0.29, 0.717) is 0 Å². The minimum atomic E-state index is -4.45. The Kier molecular flexibility index (Phi) is 10.9. The zero-order valence-corrected chi connectivity index (χ0v) is 28.5. The number of alkyl halides is 2. The molecule has 1 fully saturated rings. The van der Waals surface area contributed by atoms with E-state index in [1.54, 1.807) is 59.9 Å². The van der Waals surface area contributed by atoms with E-state index in [-0.39, 0.29) is 28.7 Å². The molecule has 0 aliphatic carbocycles. The number of halogens is 2. The Labute approximate surface area is 275 Å². The van der Waals surface area contributed by atoms with Crippen molar-refractivity contribution in [2.75, 3.05) is 24.7 Å². The normalized spacial score (nSPS) is 23.2. The first-order chi connectivity index (χ1) is 21.9. The lowest BCUT2D eigenvalue weighted by molar-refractivity contribution is -0.149. The van der Waals surface area contributed by atoms with E-state index in [9.17, 15) is 14.2 Å². The van der Waals surface area contributed by atoms with Crippen molar-refractivity contribution in [2.45, 2.75) is 82.9 Å². The van der Waals surface area contributed by atoms with Crippen LogP contribution in [0.15, 0.2) is 36.7 Å². The molecule has 3 aromatic rings. The molecule has 0 spiro atoms. The van der Waals surface area contributed by atoms with Gasteiger partial charge in [0, 0.05) is 7.05 Å². The molecule has 0 bridgehead atoms. The Hall–Kier alpha value is -3.76. The quantitative estimate of drug-likeness (QED) is 0.133. The minimum absolute atomic E-state index is 0.0457. The number of nitrogens with two attached hydrogens (primary N) is 1. The van der Waals surface area contributed by atoms with Crippen molar-refractivity contribution < 1.29 is 46.5 Å². The number of hydrogen-bond donors (Lipinski definition) is 3. The van der Waals surface area contributed by atoms with Gasteiger partial charge in [-0.2, -0.15) is 15.1 Å². The summed E-state index contributed by atoms with van der Waals surface area (Å²) >= 11 is 6.47. The van der Waals surface area contributed by atoms with Gasteiger partial charge in [-0.3, -0.25) is 13.9 Å². The summed E-state index contributed by atoms with van der Waals surface area (Å²) < 4.78 is 65.1. The smallest absolute Gasteiger partial charge is 0.462 e. The molecule has 3 heterocycles. The molecule has 47 heavy (non-hydrogen) atoms. The van der Waals surface area contributed by atoms with Gasteiger partial charge in [0.05, 0.1) is 19.0 Å². The number of hydrogen-bond acceptors (Lipinski definition) is 14. The van der Waals surface area contributed by atoms with Gasteiger partial charge in [-0.05, 0) is 53.7 Å². The maximum atomic E-state index is 16.7. The molecule has 4 rings (SSSR count). The Bertz CT molecular complexity index is 1620. The van der Waals surface area contributed by atoms with Crippen molar-refractivity contribution in [3.05, 3.63) is 36.7 Å². The van der Waals surface area contributed by atoms with E-state index < -0.39 is 67.8 Å². The Morgan fingerprint density at radius 1 is 1.21 bits per heavy atom. The van der Waals surface area contributed by atoms with Gasteiger partial charge in [0.25, 0.3) is 5.13 Å². The molecule has 1 unspecified atom stereocenters. The van der Waals surface area contributed by atoms with Crippen LogP contribution in [0.25, 0.3) is 11.2 Å². The fourth-order valence-corrected chi connectivity index (χ4v) is 6.25. The van der Waals surface area contributed by atoms with E-state index in [1.165, 1.54) is 25.4 Å². The van der Waals surface area contributed by atoms with Gasteiger partial charge in [0.2, 0.25) is 5.95 Å². The lowest BCUT2D eigenvalue weighted by atomic mass is 10.1. The predicted molar refractivity (Wildman–Crippen MR) is 168 cm³/mol. The van der Waals surface area contributed by atoms with Crippen molar-refractivity contribution in [3.8, 4) is 5.75 Å². The van der Waals surface area contributed by atoms with Crippen molar-refractivity contribution >= 4 is 54.4 Å². The second-order valence-corrected chi connectivity index (χ2v) is 14.0. The van der Waals surface area contributed by atoms with Crippen LogP contribution in [0.1, 0.15) is 47.8 Å². The molecule has 19 heteroatoms. The molecule has 1 aromatic carbocycles. The van der Waals surface area contributed by atoms with E-state index in [0.717, 1.165) is 4.57 Å². The van der Waals surface area contributed by atoms with Gasteiger partial charge in [-0.15, -0.1) is 0 Å². The summed E-state index contributed by atoms with van der Waals surface area (Å²) in [6.07, 6.45) is -5.69. The molecule has 2 aromatic heterocycles. The number of imidazole rings is 1. The highest BCUT2D eigenvalue weighted by Gasteiger charge is 2.61. The third-order valence-electron chi connectivity index (χ3n) is 6.33. The van der Waals surface area contributed by atoms with Gasteiger partial charge in [-0.1, -0.05) is 29.8 Å². The van der Waals surface area contributed by atoms with Crippen LogP contribution in [0.5, 0.6) is 5.75 Å². The van der Waals surface area contributed by atoms with Crippen LogP contribution in [0.3, 0.4) is 0 Å². The number of carbonyl (C=O) groups is 2. The number of anilines is 2. The van der Waals surface area contributed by atoms with E-state index in [1.807, 2.05) is 0 Å². The standard InChI is InChI=1S/C28H38ClFN7O9P/c1-15(2)42-23(38)16(3)36-47(40,46-17-11-9-8-10-12-17)41-13-18-20(44-26(39)45-27(4,5)6)28(29,30)24(43-18)37-14-33-19-21(32-7)34-25(31)35-22(19)37/h8-12,14-16,18,20,24H,13H2,1-7H3,(H,36,40)(H3,31,32,34,35)/t16-,18+,20+,24+,28+,47?/m0/s1. The first-order valence-electron chi connectivity index (χ1n) is 14.5. The fourth-order valence-electron chi connectivity index (χ4n) is 4.41. The molecule has 0 saturated carbocycles. The number of ether oxygens (including phenoxy) is 4. The monoisotopic (exact) mass is 701 g/mol. The third-order valence-corrected chi connectivity index (χ3v) is 8.37. The Balaban J connectivity index is 1.68. The summed E-state index contributed by atoms with van der Waals surface area (Å²) in [7, 11) is -2.87. The lowest BCUT2D eigenvalue weighted by Gasteiger charge is -2.28. The molecule has 258 valence electrons. The largest absolute Gasteiger partial charge is 0.509 e. The van der Waals surface area contributed by atoms with Crippen molar-refractivity contribution in [1.82, 2.24) is 24.6 Å². The van der Waals surface area contributed by atoms with Crippen LogP contribution >= 0.6 is 19.3 Å². The second kappa shape index (κ2) is 14.2. The third kappa shape index (κ3) is 8.78. The fraction of sp³-hybridized carbons (Fsp3) is 0.536. The van der Waals surface area contributed by atoms with Crippen LogP contribution in [0.2, 0.25) is 0 Å². The second-order valence-electron chi connectivity index (χ2n) is 11.7. The van der Waals surface area contributed by atoms with Gasteiger partial charge >= 0.3 is 19.9 Å². The number of aromatic nitrogens is 4. The SMILES string of the molecule is CNc1nc(N)nc2c1ncn2[C@@H]1O[C@H](COP(=O)(N[C@@H](C)C(=O)OC(C)C)Oc2ccccc2)[C@@H](OC(=O)OC(C)(C)C)[C@]1(F)Cl. The first kappa shape index (κ1) is 36.1. The molecule has 0 radical (unpaired) electrons. The van der Waals surface area contributed by atoms with Gasteiger partial charge < -0.3 is 34.5 Å². The Morgan fingerprint density at radius 2 is 1.89 bits per heavy atom. The van der Waals surface area contributed by atoms with Gasteiger partial charge in [0.1, 0.15) is 23.5 Å². The predicted octanol–water partition coefficient (Wildman–Crippen LogP) is 4.71. The average Bonchev–Trinajstić information content (AvgIpc) is 3.48. The maximum absolute atomic E-state index is 16.7. The van der Waals surface area contributed by atoms with E-state index in [4.69, 9.17) is 45.3 Å². The number of rotatable bonds is 12. The molecule has 1 saturated heterocycles. The van der Waals surface area contributed by atoms with Crippen LogP contribution in [-0.2, 0) is 32.8 Å². The van der Waals surface area contributed by atoms with Crippen molar-refractivity contribution in [1.29, 1.82) is 0 Å². The highest BCUT2D eigenvalue weighted by molar-refractivity contribution is 7.52. The summed E-state index contributed by atoms with van der Waals surface area (Å²) in [5, 5.41) is 2.36. The first-order valence-corrected chi connectivity index (χ1v) is 16.4. The highest BCUT2D eigenvalue weighted by atomic mass is 35.5. The Morgan fingerprint density at radius 3 is 2.51 bits per heavy atom. The number of esters is 1. The van der Waals surface area contributed by atoms with E-state index in [2.05, 4.69) is 25.4 Å². The molecule has 1 aliphatic heterocycles. The summed E-state index contributed by atoms with van der Waals surface area (Å²) in [6.45, 7) is 8.73. The molecule has 0 amide bonds. The average molecular weight is 702 g/mol. The summed E-state index contributed by atoms with van der Waals surface area (Å²) in [5.41, 5.74) is 5.12. The molecule has 6 atom stereocenters. The molecule has 4 N–H and O–H groups in total. The van der Waals surface area contributed by atoms with Crippen molar-refractivity contribution in [2.24, 2.45) is 0 Å². The van der Waals surface area contributed by atoms with Gasteiger partial charge in [-0.25, -0.2) is 18.7 Å². The van der Waals surface area contributed by atoms with Gasteiger partial charge in [0.15, 0.2) is 29.3 Å². The minimum Gasteiger partial charge on any atom is -0.462 e. The van der Waals surface area contributed by atoms with Crippen molar-refractivity contribution in [3.63, 3.8) is 0 Å². The maximum Gasteiger partial charge on any atom is 0.509 e. The summed E-state index contributed by atoms with van der Waals surface area (Å²) in [6, 6.07) is 6.80.